The smallest absolute Gasteiger partial charge is 0.128 e. The third kappa shape index (κ3) is 2.43. The van der Waals surface area contributed by atoms with Gasteiger partial charge in [-0.25, -0.2) is 4.39 Å². The van der Waals surface area contributed by atoms with Gasteiger partial charge in [-0.3, -0.25) is 4.68 Å². The first-order valence-electron chi connectivity index (χ1n) is 6.00. The lowest BCUT2D eigenvalue weighted by Crippen LogP contribution is -2.06. The summed E-state index contributed by atoms with van der Waals surface area (Å²) in [7, 11) is 0. The number of aryl methyl sites for hydroxylation is 1. The maximum absolute atomic E-state index is 13.6. The second-order valence-electron chi connectivity index (χ2n) is 4.37. The number of aromatic nitrogens is 2. The highest BCUT2D eigenvalue weighted by molar-refractivity contribution is 5.26. The molecular formula is C14H17FN2O. The molecule has 0 aliphatic carbocycles. The first-order chi connectivity index (χ1) is 8.63. The number of aliphatic hydroxyl groups excluding tert-OH is 1. The molecule has 0 saturated carbocycles. The van der Waals surface area contributed by atoms with Crippen LogP contribution in [0.4, 0.5) is 4.39 Å². The Balaban J connectivity index is 2.30. The lowest BCUT2D eigenvalue weighted by molar-refractivity contribution is 0.299. The van der Waals surface area contributed by atoms with Gasteiger partial charge in [-0.15, -0.1) is 0 Å². The molecule has 1 aromatic heterocycles. The Morgan fingerprint density at radius 1 is 1.28 bits per heavy atom. The standard InChI is InChI=1S/C14H17FN2O/c1-10-13(7-8-18)11(2)17(16-10)9-12-5-3-4-6-14(12)15/h3-6,18H,7-9H2,1-2H3. The molecular weight excluding hydrogens is 231 g/mol. The molecule has 0 spiro atoms. The van der Waals surface area contributed by atoms with E-state index in [9.17, 15) is 4.39 Å². The Kier molecular flexibility index (Phi) is 3.77. The van der Waals surface area contributed by atoms with E-state index in [1.165, 1.54) is 6.07 Å². The Labute approximate surface area is 106 Å². The van der Waals surface area contributed by atoms with Gasteiger partial charge in [0.2, 0.25) is 0 Å². The van der Waals surface area contributed by atoms with E-state index in [1.54, 1.807) is 16.8 Å². The molecule has 0 aliphatic rings. The molecule has 0 atom stereocenters. The molecule has 2 rings (SSSR count). The summed E-state index contributed by atoms with van der Waals surface area (Å²) in [6.07, 6.45) is 0.592. The molecule has 0 radical (unpaired) electrons. The molecule has 1 N–H and O–H groups in total. The number of benzene rings is 1. The van der Waals surface area contributed by atoms with Crippen molar-refractivity contribution in [3.05, 3.63) is 52.6 Å². The summed E-state index contributed by atoms with van der Waals surface area (Å²) >= 11 is 0. The van der Waals surface area contributed by atoms with Crippen LogP contribution in [0.1, 0.15) is 22.5 Å². The topological polar surface area (TPSA) is 38.0 Å². The van der Waals surface area contributed by atoms with Gasteiger partial charge in [0, 0.05) is 17.9 Å². The fourth-order valence-corrected chi connectivity index (χ4v) is 2.15. The SMILES string of the molecule is Cc1nn(Cc2ccccc2F)c(C)c1CCO. The zero-order valence-electron chi connectivity index (χ0n) is 10.7. The van der Waals surface area contributed by atoms with Crippen LogP contribution in [0, 0.1) is 19.7 Å². The van der Waals surface area contributed by atoms with E-state index in [4.69, 9.17) is 5.11 Å². The molecule has 0 bridgehead atoms. The Bertz CT molecular complexity index is 549. The third-order valence-electron chi connectivity index (χ3n) is 3.17. The van der Waals surface area contributed by atoms with Crippen molar-refractivity contribution in [3.8, 4) is 0 Å². The van der Waals surface area contributed by atoms with Crippen molar-refractivity contribution in [1.29, 1.82) is 0 Å². The minimum absolute atomic E-state index is 0.104. The average Bonchev–Trinajstić information content (AvgIpc) is 2.60. The van der Waals surface area contributed by atoms with Gasteiger partial charge in [-0.05, 0) is 31.9 Å². The van der Waals surface area contributed by atoms with Crippen LogP contribution >= 0.6 is 0 Å². The Hall–Kier alpha value is -1.68. The summed E-state index contributed by atoms with van der Waals surface area (Å²) in [5.74, 6) is -0.214. The summed E-state index contributed by atoms with van der Waals surface area (Å²) in [6.45, 7) is 4.39. The van der Waals surface area contributed by atoms with Gasteiger partial charge >= 0.3 is 0 Å². The number of aliphatic hydroxyl groups is 1. The molecule has 1 aromatic carbocycles. The van der Waals surface area contributed by atoms with Crippen LogP contribution in [-0.4, -0.2) is 21.5 Å². The second kappa shape index (κ2) is 5.31. The monoisotopic (exact) mass is 248 g/mol. The summed E-state index contributed by atoms with van der Waals surface area (Å²) in [5.41, 5.74) is 3.56. The first-order valence-corrected chi connectivity index (χ1v) is 6.00. The lowest BCUT2D eigenvalue weighted by atomic mass is 10.1. The summed E-state index contributed by atoms with van der Waals surface area (Å²) < 4.78 is 15.4. The number of halogens is 1. The molecule has 4 heteroatoms. The lowest BCUT2D eigenvalue weighted by Gasteiger charge is -2.06. The third-order valence-corrected chi connectivity index (χ3v) is 3.17. The van der Waals surface area contributed by atoms with Gasteiger partial charge in [0.05, 0.1) is 12.2 Å². The van der Waals surface area contributed by atoms with Crippen LogP contribution in [0.2, 0.25) is 0 Å². The van der Waals surface area contributed by atoms with Gasteiger partial charge in [0.1, 0.15) is 5.82 Å². The van der Waals surface area contributed by atoms with Crippen LogP contribution in [-0.2, 0) is 13.0 Å². The fourth-order valence-electron chi connectivity index (χ4n) is 2.15. The van der Waals surface area contributed by atoms with Gasteiger partial charge in [-0.2, -0.15) is 5.10 Å². The van der Waals surface area contributed by atoms with E-state index in [2.05, 4.69) is 5.10 Å². The van der Waals surface area contributed by atoms with E-state index in [-0.39, 0.29) is 12.4 Å². The van der Waals surface area contributed by atoms with E-state index in [1.807, 2.05) is 19.9 Å². The minimum atomic E-state index is -0.214. The van der Waals surface area contributed by atoms with Crippen molar-refractivity contribution in [2.75, 3.05) is 6.61 Å². The summed E-state index contributed by atoms with van der Waals surface area (Å²) in [4.78, 5) is 0. The second-order valence-corrected chi connectivity index (χ2v) is 4.37. The van der Waals surface area contributed by atoms with Gasteiger partial charge in [0.15, 0.2) is 0 Å². The highest BCUT2D eigenvalue weighted by atomic mass is 19.1. The maximum atomic E-state index is 13.6. The average molecular weight is 248 g/mol. The number of rotatable bonds is 4. The number of nitrogens with zero attached hydrogens (tertiary/aromatic N) is 2. The molecule has 96 valence electrons. The van der Waals surface area contributed by atoms with E-state index in [0.29, 0.717) is 18.5 Å². The van der Waals surface area contributed by atoms with Crippen molar-refractivity contribution < 1.29 is 9.50 Å². The number of hydrogen-bond donors (Lipinski definition) is 1. The van der Waals surface area contributed by atoms with E-state index >= 15 is 0 Å². The molecule has 1 heterocycles. The minimum Gasteiger partial charge on any atom is -0.396 e. The van der Waals surface area contributed by atoms with Gasteiger partial charge < -0.3 is 5.11 Å². The predicted molar refractivity (Wildman–Crippen MR) is 68.0 cm³/mol. The van der Waals surface area contributed by atoms with Gasteiger partial charge in [-0.1, -0.05) is 18.2 Å². The van der Waals surface area contributed by atoms with Crippen LogP contribution in [0.5, 0.6) is 0 Å². The maximum Gasteiger partial charge on any atom is 0.128 e. The van der Waals surface area contributed by atoms with Crippen LogP contribution in [0.15, 0.2) is 24.3 Å². The first kappa shape index (κ1) is 12.8. The highest BCUT2D eigenvalue weighted by Gasteiger charge is 2.12. The molecule has 0 unspecified atom stereocenters. The van der Waals surface area contributed by atoms with E-state index < -0.39 is 0 Å². The summed E-state index contributed by atoms with van der Waals surface area (Å²) in [5, 5.41) is 13.4. The zero-order valence-corrected chi connectivity index (χ0v) is 10.7. The van der Waals surface area contributed by atoms with Crippen molar-refractivity contribution in [2.24, 2.45) is 0 Å². The largest absolute Gasteiger partial charge is 0.396 e. The van der Waals surface area contributed by atoms with Crippen LogP contribution in [0.25, 0.3) is 0 Å². The van der Waals surface area contributed by atoms with Crippen molar-refractivity contribution in [2.45, 2.75) is 26.8 Å². The van der Waals surface area contributed by atoms with Crippen molar-refractivity contribution >= 4 is 0 Å². The van der Waals surface area contributed by atoms with Crippen molar-refractivity contribution in [3.63, 3.8) is 0 Å². The zero-order chi connectivity index (χ0) is 13.1. The van der Waals surface area contributed by atoms with Gasteiger partial charge in [0.25, 0.3) is 0 Å². The van der Waals surface area contributed by atoms with E-state index in [0.717, 1.165) is 17.0 Å². The van der Waals surface area contributed by atoms with Crippen LogP contribution in [0.3, 0.4) is 0 Å². The fraction of sp³-hybridized carbons (Fsp3) is 0.357. The normalized spacial score (nSPS) is 10.9. The predicted octanol–water partition coefficient (Wildman–Crippen LogP) is 2.22. The molecule has 0 saturated heterocycles. The molecule has 2 aromatic rings. The Morgan fingerprint density at radius 2 is 2.00 bits per heavy atom. The van der Waals surface area contributed by atoms with Crippen LogP contribution < -0.4 is 0 Å². The molecule has 0 aliphatic heterocycles. The quantitative estimate of drug-likeness (QED) is 0.901. The molecule has 3 nitrogen and oxygen atoms in total. The Morgan fingerprint density at radius 3 is 2.67 bits per heavy atom. The number of hydrogen-bond acceptors (Lipinski definition) is 2. The van der Waals surface area contributed by atoms with Crippen molar-refractivity contribution in [1.82, 2.24) is 9.78 Å². The molecule has 0 fully saturated rings. The molecule has 0 amide bonds. The summed E-state index contributed by atoms with van der Waals surface area (Å²) in [6, 6.07) is 6.71. The highest BCUT2D eigenvalue weighted by Crippen LogP contribution is 2.16. The molecule has 18 heavy (non-hydrogen) atoms.